The molecule has 2 aliphatic rings. The maximum Gasteiger partial charge on any atom is 0.356 e. The van der Waals surface area contributed by atoms with Crippen LogP contribution in [0.4, 0.5) is 5.13 Å². The summed E-state index contributed by atoms with van der Waals surface area (Å²) in [6.07, 6.45) is 1.03. The number of hydrogen-bond donors (Lipinski definition) is 3. The molecule has 2 aliphatic heterocycles. The SMILES string of the molecule is Cc1nnc(SC=CC2=C(C(=O)OC(c3ccccc3)c3ccccc3)N3C(=O)C(NC(=O)C(=NO)c4csc(N)n4)C3SC2)s1. The highest BCUT2D eigenvalue weighted by atomic mass is 32.2. The Bertz CT molecular complexity index is 1820. The van der Waals surface area contributed by atoms with Crippen LogP contribution in [0.1, 0.15) is 27.9 Å². The molecular formula is C30H25N7O5S4. The molecule has 0 spiro atoms. The second-order valence-electron chi connectivity index (χ2n) is 9.87. The number of allylic oxidation sites excluding steroid dienone is 1. The fraction of sp³-hybridized carbons (Fsp3) is 0.167. The van der Waals surface area contributed by atoms with Crippen LogP contribution in [-0.4, -0.2) is 66.0 Å². The molecule has 2 amide bonds. The lowest BCUT2D eigenvalue weighted by Gasteiger charge is -2.49. The molecule has 4 aromatic rings. The Hall–Kier alpha value is -4.51. The fourth-order valence-corrected chi connectivity index (χ4v) is 8.27. The average Bonchev–Trinajstić information content (AvgIpc) is 3.70. The van der Waals surface area contributed by atoms with E-state index in [1.807, 2.05) is 67.6 Å². The molecule has 1 fully saturated rings. The number of thioether (sulfide) groups is 2. The van der Waals surface area contributed by atoms with Gasteiger partial charge in [-0.05, 0) is 35.1 Å². The van der Waals surface area contributed by atoms with Crippen LogP contribution in [0.25, 0.3) is 0 Å². The summed E-state index contributed by atoms with van der Waals surface area (Å²) >= 11 is 5.25. The third-order valence-corrected chi connectivity index (χ3v) is 10.6. The van der Waals surface area contributed by atoms with Gasteiger partial charge in [0.25, 0.3) is 11.8 Å². The molecule has 0 saturated carbocycles. The highest BCUT2D eigenvalue weighted by Gasteiger charge is 2.54. The molecule has 0 aliphatic carbocycles. The van der Waals surface area contributed by atoms with Gasteiger partial charge in [0.1, 0.15) is 27.8 Å². The van der Waals surface area contributed by atoms with Gasteiger partial charge in [0.2, 0.25) is 0 Å². The molecule has 4 N–H and O–H groups in total. The number of ether oxygens (including phenoxy) is 1. The first-order valence-electron chi connectivity index (χ1n) is 13.7. The molecule has 2 unspecified atom stereocenters. The van der Waals surface area contributed by atoms with Gasteiger partial charge >= 0.3 is 5.97 Å². The van der Waals surface area contributed by atoms with Gasteiger partial charge in [-0.1, -0.05) is 88.9 Å². The highest BCUT2D eigenvalue weighted by molar-refractivity contribution is 8.03. The third-order valence-electron chi connectivity index (χ3n) is 6.93. The first kappa shape index (κ1) is 31.5. The van der Waals surface area contributed by atoms with Crippen molar-refractivity contribution >= 4 is 74.8 Å². The lowest BCUT2D eigenvalue weighted by atomic mass is 10.0. The average molecular weight is 692 g/mol. The van der Waals surface area contributed by atoms with Crippen LogP contribution < -0.4 is 11.1 Å². The molecule has 2 atom stereocenters. The quantitative estimate of drug-likeness (QED) is 0.0539. The van der Waals surface area contributed by atoms with Crippen LogP contribution in [0.15, 0.2) is 98.3 Å². The number of amides is 2. The largest absolute Gasteiger partial charge is 0.448 e. The number of carbonyl (C=O) groups is 3. The van der Waals surface area contributed by atoms with Crippen molar-refractivity contribution in [3.8, 4) is 0 Å². The topological polar surface area (TPSA) is 173 Å². The molecule has 0 radical (unpaired) electrons. The van der Waals surface area contributed by atoms with Gasteiger partial charge in [0.15, 0.2) is 21.3 Å². The maximum absolute atomic E-state index is 14.1. The summed E-state index contributed by atoms with van der Waals surface area (Å²) in [5.74, 6) is -1.65. The summed E-state index contributed by atoms with van der Waals surface area (Å²) in [7, 11) is 0. The number of rotatable bonds is 10. The Balaban J connectivity index is 1.29. The van der Waals surface area contributed by atoms with Gasteiger partial charge in [-0.2, -0.15) is 0 Å². The molecule has 1 saturated heterocycles. The number of anilines is 1. The monoisotopic (exact) mass is 691 g/mol. The third kappa shape index (κ3) is 6.55. The summed E-state index contributed by atoms with van der Waals surface area (Å²) in [4.78, 5) is 46.1. The summed E-state index contributed by atoms with van der Waals surface area (Å²) in [5, 5.41) is 27.0. The van der Waals surface area contributed by atoms with E-state index in [-0.39, 0.29) is 22.2 Å². The van der Waals surface area contributed by atoms with E-state index in [1.54, 1.807) is 11.5 Å². The molecule has 12 nitrogen and oxygen atoms in total. The Kier molecular flexibility index (Phi) is 9.48. The number of nitrogens with zero attached hydrogens (tertiary/aromatic N) is 5. The van der Waals surface area contributed by atoms with Crippen molar-refractivity contribution in [2.24, 2.45) is 5.16 Å². The zero-order chi connectivity index (χ0) is 32.2. The van der Waals surface area contributed by atoms with E-state index in [9.17, 15) is 19.6 Å². The summed E-state index contributed by atoms with van der Waals surface area (Å²) in [6.45, 7) is 1.86. The molecule has 16 heteroatoms. The predicted molar refractivity (Wildman–Crippen MR) is 177 cm³/mol. The standard InChI is InChI=1S/C30H25N7O5S4/c1-16-34-35-30(46-16)43-13-12-19-14-44-27-22(33-25(38)21(36-41)20-15-45-29(31)32-20)26(39)37(27)23(19)28(40)42-24(17-8-4-2-5-9-17)18-10-6-3-7-11-18/h2-13,15,22,24,27,41H,14H2,1H3,(H2,31,32)(H,33,38). The number of aromatic nitrogens is 3. The molecule has 234 valence electrons. The number of thiazole rings is 1. The van der Waals surface area contributed by atoms with Crippen LogP contribution in [0.5, 0.6) is 0 Å². The van der Waals surface area contributed by atoms with Crippen LogP contribution in [0, 0.1) is 6.92 Å². The van der Waals surface area contributed by atoms with Gasteiger partial charge in [-0.15, -0.1) is 33.3 Å². The number of carbonyl (C=O) groups excluding carboxylic acids is 3. The van der Waals surface area contributed by atoms with Gasteiger partial charge < -0.3 is 21.0 Å². The molecule has 2 aromatic carbocycles. The molecule has 2 aromatic heterocycles. The normalized spacial score (nSPS) is 18.1. The number of nitrogens with one attached hydrogen (secondary N) is 1. The lowest BCUT2D eigenvalue weighted by molar-refractivity contribution is -0.154. The molecule has 4 heterocycles. The van der Waals surface area contributed by atoms with Gasteiger partial charge in [0.05, 0.1) is 0 Å². The predicted octanol–water partition coefficient (Wildman–Crippen LogP) is 4.36. The highest BCUT2D eigenvalue weighted by Crippen LogP contribution is 2.42. The Morgan fingerprint density at radius 3 is 2.43 bits per heavy atom. The van der Waals surface area contributed by atoms with Crippen molar-refractivity contribution in [1.29, 1.82) is 0 Å². The molecular weight excluding hydrogens is 667 g/mol. The minimum Gasteiger partial charge on any atom is -0.448 e. The van der Waals surface area contributed by atoms with Crippen molar-refractivity contribution in [2.45, 2.75) is 28.8 Å². The summed E-state index contributed by atoms with van der Waals surface area (Å²) < 4.78 is 6.91. The Morgan fingerprint density at radius 1 is 1.15 bits per heavy atom. The Labute approximate surface area is 279 Å². The number of hydrogen-bond acceptors (Lipinski definition) is 14. The molecule has 6 rings (SSSR count). The molecule has 0 bridgehead atoms. The van der Waals surface area contributed by atoms with Crippen molar-refractivity contribution in [1.82, 2.24) is 25.4 Å². The zero-order valence-corrected chi connectivity index (χ0v) is 27.2. The van der Waals surface area contributed by atoms with Gasteiger partial charge in [-0.25, -0.2) is 9.78 Å². The van der Waals surface area contributed by atoms with E-state index < -0.39 is 35.3 Å². The first-order valence-corrected chi connectivity index (χ1v) is 17.3. The van der Waals surface area contributed by atoms with E-state index >= 15 is 0 Å². The van der Waals surface area contributed by atoms with Crippen molar-refractivity contribution in [2.75, 3.05) is 11.5 Å². The minimum absolute atomic E-state index is 0.0787. The van der Waals surface area contributed by atoms with Crippen molar-refractivity contribution < 1.29 is 24.3 Å². The fourth-order valence-electron chi connectivity index (χ4n) is 4.83. The smallest absolute Gasteiger partial charge is 0.356 e. The second-order valence-corrected chi connectivity index (χ2v) is 14.2. The minimum atomic E-state index is -0.989. The first-order chi connectivity index (χ1) is 22.3. The number of fused-ring (bicyclic) bond motifs is 1. The van der Waals surface area contributed by atoms with Gasteiger partial charge in [0, 0.05) is 11.1 Å². The van der Waals surface area contributed by atoms with E-state index in [0.29, 0.717) is 11.3 Å². The second kappa shape index (κ2) is 13.9. The van der Waals surface area contributed by atoms with E-state index in [2.05, 4.69) is 25.7 Å². The van der Waals surface area contributed by atoms with Crippen LogP contribution in [0.3, 0.4) is 0 Å². The summed E-state index contributed by atoms with van der Waals surface area (Å²) in [6, 6.07) is 17.7. The van der Waals surface area contributed by atoms with E-state index in [0.717, 1.165) is 31.8 Å². The van der Waals surface area contributed by atoms with Crippen molar-refractivity contribution in [3.63, 3.8) is 0 Å². The Morgan fingerprint density at radius 2 is 1.85 bits per heavy atom. The number of β-lactam (4-membered cyclic amide) rings is 1. The van der Waals surface area contributed by atoms with E-state index in [4.69, 9.17) is 10.5 Å². The van der Waals surface area contributed by atoms with E-state index in [1.165, 1.54) is 45.1 Å². The number of aryl methyl sites for hydroxylation is 1. The van der Waals surface area contributed by atoms with Crippen LogP contribution in [-0.2, 0) is 19.1 Å². The van der Waals surface area contributed by atoms with Gasteiger partial charge in [-0.3, -0.25) is 14.5 Å². The lowest BCUT2D eigenvalue weighted by Crippen LogP contribution is -2.71. The number of oxime groups is 1. The number of benzene rings is 2. The van der Waals surface area contributed by atoms with Crippen molar-refractivity contribution in [3.05, 3.63) is 111 Å². The zero-order valence-electron chi connectivity index (χ0n) is 24.0. The number of esters is 1. The maximum atomic E-state index is 14.1. The summed E-state index contributed by atoms with van der Waals surface area (Å²) in [5.41, 5.74) is 7.56. The van der Waals surface area contributed by atoms with Crippen LogP contribution >= 0.6 is 46.2 Å². The van der Waals surface area contributed by atoms with Crippen LogP contribution in [0.2, 0.25) is 0 Å². The number of nitrogens with two attached hydrogens (primary N) is 1. The molecule has 46 heavy (non-hydrogen) atoms. The number of nitrogen functional groups attached to an aromatic ring is 1.